The molecule has 1 aromatic heterocycles. The lowest BCUT2D eigenvalue weighted by molar-refractivity contribution is -0.133. The lowest BCUT2D eigenvalue weighted by Gasteiger charge is -2.38. The number of nitrogens with one attached hydrogen (secondary N) is 1. The van der Waals surface area contributed by atoms with Gasteiger partial charge in [0.25, 0.3) is 0 Å². The number of amides is 1. The zero-order valence-electron chi connectivity index (χ0n) is 11.6. The van der Waals surface area contributed by atoms with Crippen LogP contribution in [0.3, 0.4) is 0 Å². The third-order valence-corrected chi connectivity index (χ3v) is 3.77. The van der Waals surface area contributed by atoms with Gasteiger partial charge in [-0.1, -0.05) is 0 Å². The van der Waals surface area contributed by atoms with E-state index in [4.69, 9.17) is 4.74 Å². The lowest BCUT2D eigenvalue weighted by atomic mass is 9.78. The van der Waals surface area contributed by atoms with E-state index < -0.39 is 5.41 Å². The molecule has 5 heteroatoms. The molecule has 0 unspecified atom stereocenters. The van der Waals surface area contributed by atoms with Gasteiger partial charge >= 0.3 is 0 Å². The second-order valence-electron chi connectivity index (χ2n) is 5.04. The van der Waals surface area contributed by atoms with Gasteiger partial charge in [0.05, 0.1) is 23.9 Å². The Morgan fingerprint density at radius 1 is 1.53 bits per heavy atom. The molecule has 0 aliphatic carbocycles. The predicted molar refractivity (Wildman–Crippen MR) is 74.1 cm³/mol. The van der Waals surface area contributed by atoms with Crippen molar-refractivity contribution in [1.29, 1.82) is 0 Å². The Morgan fingerprint density at radius 3 is 2.84 bits per heavy atom. The number of ether oxygens (including phenoxy) is 1. The molecule has 0 saturated carbocycles. The Bertz CT molecular complexity index is 410. The first kappa shape index (κ1) is 14.0. The summed E-state index contributed by atoms with van der Waals surface area (Å²) in [5.41, 5.74) is 0.409. The molecule has 1 aliphatic rings. The average Bonchev–Trinajstić information content (AvgIpc) is 2.48. The van der Waals surface area contributed by atoms with E-state index >= 15 is 0 Å². The van der Waals surface area contributed by atoms with Gasteiger partial charge in [0.1, 0.15) is 0 Å². The smallest absolute Gasteiger partial charge is 0.235 e. The molecule has 1 N–H and O–H groups in total. The summed E-state index contributed by atoms with van der Waals surface area (Å²) in [7, 11) is 3.46. The lowest BCUT2D eigenvalue weighted by Crippen LogP contribution is -2.50. The molecule has 0 atom stereocenters. The standard InChI is InChI=1S/C14H21N3O2/c1-17(12-4-3-7-16-10-12)13(18)14(11-19-2)5-8-15-9-6-14/h3-4,7,10,15H,5-6,8-9,11H2,1-2H3. The van der Waals surface area contributed by atoms with Gasteiger partial charge in [0.2, 0.25) is 5.91 Å². The van der Waals surface area contributed by atoms with E-state index in [2.05, 4.69) is 10.3 Å². The molecular formula is C14H21N3O2. The van der Waals surface area contributed by atoms with E-state index in [1.165, 1.54) is 0 Å². The molecule has 0 radical (unpaired) electrons. The van der Waals surface area contributed by atoms with Gasteiger partial charge in [-0.15, -0.1) is 0 Å². The summed E-state index contributed by atoms with van der Waals surface area (Å²) >= 11 is 0. The van der Waals surface area contributed by atoms with E-state index in [9.17, 15) is 4.79 Å². The van der Waals surface area contributed by atoms with Gasteiger partial charge < -0.3 is 15.0 Å². The first-order valence-corrected chi connectivity index (χ1v) is 6.57. The largest absolute Gasteiger partial charge is 0.384 e. The minimum atomic E-state index is -0.412. The van der Waals surface area contributed by atoms with Crippen LogP contribution in [0, 0.1) is 5.41 Å². The number of pyridine rings is 1. The Labute approximate surface area is 114 Å². The highest BCUT2D eigenvalue weighted by Gasteiger charge is 2.41. The summed E-state index contributed by atoms with van der Waals surface area (Å²) in [4.78, 5) is 18.6. The normalized spacial score (nSPS) is 18.0. The highest BCUT2D eigenvalue weighted by molar-refractivity contribution is 5.97. The maximum absolute atomic E-state index is 12.8. The van der Waals surface area contributed by atoms with E-state index in [1.54, 1.807) is 31.5 Å². The summed E-state index contributed by atoms with van der Waals surface area (Å²) in [5.74, 6) is 0.115. The van der Waals surface area contributed by atoms with Crippen LogP contribution in [0.25, 0.3) is 0 Å². The molecule has 2 heterocycles. The topological polar surface area (TPSA) is 54.5 Å². The summed E-state index contributed by atoms with van der Waals surface area (Å²) in [6, 6.07) is 3.73. The molecule has 104 valence electrons. The fraction of sp³-hybridized carbons (Fsp3) is 0.571. The molecule has 1 fully saturated rings. The number of methoxy groups -OCH3 is 1. The van der Waals surface area contributed by atoms with Crippen molar-refractivity contribution in [2.75, 3.05) is 38.8 Å². The quantitative estimate of drug-likeness (QED) is 0.882. The van der Waals surface area contributed by atoms with Crippen LogP contribution in [0.2, 0.25) is 0 Å². The van der Waals surface area contributed by atoms with E-state index in [1.807, 2.05) is 12.1 Å². The van der Waals surface area contributed by atoms with Crippen molar-refractivity contribution >= 4 is 11.6 Å². The second kappa shape index (κ2) is 6.12. The maximum Gasteiger partial charge on any atom is 0.235 e. The molecule has 0 bridgehead atoms. The van der Waals surface area contributed by atoms with Gasteiger partial charge in [-0.2, -0.15) is 0 Å². The monoisotopic (exact) mass is 263 g/mol. The van der Waals surface area contributed by atoms with Crippen molar-refractivity contribution in [2.24, 2.45) is 5.41 Å². The van der Waals surface area contributed by atoms with Crippen molar-refractivity contribution in [1.82, 2.24) is 10.3 Å². The maximum atomic E-state index is 12.8. The zero-order chi connectivity index (χ0) is 13.7. The predicted octanol–water partition coefficient (Wildman–Crippen LogP) is 1.06. The van der Waals surface area contributed by atoms with Gasteiger partial charge in [-0.25, -0.2) is 0 Å². The highest BCUT2D eigenvalue weighted by Crippen LogP contribution is 2.32. The van der Waals surface area contributed by atoms with Crippen LogP contribution in [0.5, 0.6) is 0 Å². The third-order valence-electron chi connectivity index (χ3n) is 3.77. The molecule has 5 nitrogen and oxygen atoms in total. The van der Waals surface area contributed by atoms with Crippen molar-refractivity contribution in [2.45, 2.75) is 12.8 Å². The molecular weight excluding hydrogens is 242 g/mol. The number of carbonyl (C=O) groups excluding carboxylic acids is 1. The number of rotatable bonds is 4. The minimum Gasteiger partial charge on any atom is -0.384 e. The number of hydrogen-bond acceptors (Lipinski definition) is 4. The summed E-state index contributed by atoms with van der Waals surface area (Å²) < 4.78 is 5.30. The van der Waals surface area contributed by atoms with Gasteiger partial charge in [-0.3, -0.25) is 9.78 Å². The number of anilines is 1. The van der Waals surface area contributed by atoms with Crippen LogP contribution >= 0.6 is 0 Å². The fourth-order valence-corrected chi connectivity index (χ4v) is 2.63. The number of nitrogens with zero attached hydrogens (tertiary/aromatic N) is 2. The summed E-state index contributed by atoms with van der Waals surface area (Å²) in [6.45, 7) is 2.18. The number of carbonyl (C=O) groups is 1. The van der Waals surface area contributed by atoms with E-state index in [0.29, 0.717) is 6.61 Å². The molecule has 1 aromatic rings. The van der Waals surface area contributed by atoms with Gasteiger partial charge in [0, 0.05) is 20.4 Å². The Balaban J connectivity index is 2.19. The van der Waals surface area contributed by atoms with Gasteiger partial charge in [-0.05, 0) is 38.1 Å². The second-order valence-corrected chi connectivity index (χ2v) is 5.04. The van der Waals surface area contributed by atoms with Crippen LogP contribution in [-0.4, -0.2) is 44.7 Å². The third kappa shape index (κ3) is 2.93. The highest BCUT2D eigenvalue weighted by atomic mass is 16.5. The summed E-state index contributed by atoms with van der Waals surface area (Å²) in [5, 5.41) is 3.29. The molecule has 19 heavy (non-hydrogen) atoms. The van der Waals surface area contributed by atoms with Gasteiger partial charge in [0.15, 0.2) is 0 Å². The average molecular weight is 263 g/mol. The first-order chi connectivity index (χ1) is 9.19. The van der Waals surface area contributed by atoms with Crippen LogP contribution in [0.15, 0.2) is 24.5 Å². The van der Waals surface area contributed by atoms with Crippen molar-refractivity contribution < 1.29 is 9.53 Å². The van der Waals surface area contributed by atoms with Crippen LogP contribution in [0.1, 0.15) is 12.8 Å². The van der Waals surface area contributed by atoms with E-state index in [0.717, 1.165) is 31.6 Å². The van der Waals surface area contributed by atoms with E-state index in [-0.39, 0.29) is 5.91 Å². The molecule has 2 rings (SSSR count). The Kier molecular flexibility index (Phi) is 4.50. The minimum absolute atomic E-state index is 0.115. The van der Waals surface area contributed by atoms with Crippen molar-refractivity contribution in [3.05, 3.63) is 24.5 Å². The molecule has 1 amide bonds. The fourth-order valence-electron chi connectivity index (χ4n) is 2.63. The zero-order valence-corrected chi connectivity index (χ0v) is 11.6. The van der Waals surface area contributed by atoms with Crippen LogP contribution in [0.4, 0.5) is 5.69 Å². The number of piperidine rings is 1. The SMILES string of the molecule is COCC1(C(=O)N(C)c2cccnc2)CCNCC1. The van der Waals surface area contributed by atoms with Crippen molar-refractivity contribution in [3.63, 3.8) is 0 Å². The number of hydrogen-bond donors (Lipinski definition) is 1. The first-order valence-electron chi connectivity index (χ1n) is 6.57. The molecule has 1 aliphatic heterocycles. The number of aromatic nitrogens is 1. The Morgan fingerprint density at radius 2 is 2.26 bits per heavy atom. The molecule has 0 aromatic carbocycles. The van der Waals surface area contributed by atoms with Crippen LogP contribution in [-0.2, 0) is 9.53 Å². The van der Waals surface area contributed by atoms with Crippen LogP contribution < -0.4 is 10.2 Å². The van der Waals surface area contributed by atoms with Crippen molar-refractivity contribution in [3.8, 4) is 0 Å². The molecule has 1 saturated heterocycles. The molecule has 0 spiro atoms. The Hall–Kier alpha value is -1.46. The summed E-state index contributed by atoms with van der Waals surface area (Å²) in [6.07, 6.45) is 5.03.